The van der Waals surface area contributed by atoms with Gasteiger partial charge in [0.25, 0.3) is 0 Å². The number of amides is 1. The number of guanidine groups is 1. The quantitative estimate of drug-likeness (QED) is 0.369. The van der Waals surface area contributed by atoms with Gasteiger partial charge in [-0.15, -0.1) is 24.0 Å². The summed E-state index contributed by atoms with van der Waals surface area (Å²) in [5.41, 5.74) is 5.35. The smallest absolute Gasteiger partial charge is 0.217 e. The Morgan fingerprint density at radius 2 is 1.92 bits per heavy atom. The molecular weight excluding hydrogens is 429 g/mol. The van der Waals surface area contributed by atoms with E-state index >= 15 is 0 Å². The van der Waals surface area contributed by atoms with Crippen LogP contribution >= 0.6 is 24.0 Å². The number of hydrogen-bond acceptors (Lipinski definition) is 3. The van der Waals surface area contributed by atoms with Crippen LogP contribution in [0.25, 0.3) is 0 Å². The Bertz CT molecular complexity index is 435. The van der Waals surface area contributed by atoms with Gasteiger partial charge >= 0.3 is 0 Å². The van der Waals surface area contributed by atoms with Crippen LogP contribution in [0.1, 0.15) is 39.5 Å². The van der Waals surface area contributed by atoms with Crippen LogP contribution in [-0.2, 0) is 4.79 Å². The third-order valence-electron chi connectivity index (χ3n) is 5.18. The van der Waals surface area contributed by atoms with E-state index in [4.69, 9.17) is 5.73 Å². The number of carbonyl (C=O) groups excluding carboxylic acids is 1. The van der Waals surface area contributed by atoms with Crippen molar-refractivity contribution in [3.8, 4) is 0 Å². The first-order valence-corrected chi connectivity index (χ1v) is 9.44. The Hall–Kier alpha value is -0.570. The summed E-state index contributed by atoms with van der Waals surface area (Å²) in [5, 5.41) is 3.51. The Labute approximate surface area is 170 Å². The van der Waals surface area contributed by atoms with Crippen LogP contribution in [0, 0.1) is 17.8 Å². The third kappa shape index (κ3) is 7.68. The molecule has 0 aromatic heterocycles. The number of piperidine rings is 2. The number of nitrogens with one attached hydrogen (secondary N) is 1. The van der Waals surface area contributed by atoms with E-state index in [2.05, 4.69) is 34.0 Å². The lowest BCUT2D eigenvalue weighted by Gasteiger charge is -2.36. The van der Waals surface area contributed by atoms with Crippen molar-refractivity contribution in [2.45, 2.75) is 39.5 Å². The van der Waals surface area contributed by atoms with Crippen molar-refractivity contribution < 1.29 is 4.79 Å². The van der Waals surface area contributed by atoms with Gasteiger partial charge in [0.15, 0.2) is 5.96 Å². The molecule has 0 aliphatic carbocycles. The molecule has 0 radical (unpaired) electrons. The van der Waals surface area contributed by atoms with Crippen LogP contribution in [-0.4, -0.2) is 68.0 Å². The number of carbonyl (C=O) groups is 1. The fraction of sp³-hybridized carbons (Fsp3) is 0.889. The Kier molecular flexibility index (Phi) is 10.1. The number of halogens is 1. The molecule has 1 amide bonds. The second-order valence-corrected chi connectivity index (χ2v) is 7.80. The summed E-state index contributed by atoms with van der Waals surface area (Å²) in [6, 6.07) is 0. The maximum Gasteiger partial charge on any atom is 0.217 e. The molecule has 3 unspecified atom stereocenters. The van der Waals surface area contributed by atoms with Crippen molar-refractivity contribution in [2.24, 2.45) is 28.5 Å². The number of likely N-dealkylation sites (tertiary alicyclic amines) is 2. The summed E-state index contributed by atoms with van der Waals surface area (Å²) in [6.45, 7) is 11.0. The molecule has 146 valence electrons. The van der Waals surface area contributed by atoms with E-state index in [0.29, 0.717) is 12.3 Å². The summed E-state index contributed by atoms with van der Waals surface area (Å²) in [7, 11) is 1.84. The molecule has 0 bridgehead atoms. The van der Waals surface area contributed by atoms with E-state index < -0.39 is 0 Å². The predicted molar refractivity (Wildman–Crippen MR) is 114 cm³/mol. The molecule has 0 spiro atoms. The van der Waals surface area contributed by atoms with E-state index in [1.165, 1.54) is 19.5 Å². The zero-order valence-corrected chi connectivity index (χ0v) is 18.4. The molecule has 3 N–H and O–H groups in total. The summed E-state index contributed by atoms with van der Waals surface area (Å²) in [4.78, 5) is 20.4. The van der Waals surface area contributed by atoms with Gasteiger partial charge in [0.1, 0.15) is 0 Å². The highest BCUT2D eigenvalue weighted by atomic mass is 127. The molecule has 0 saturated carbocycles. The number of nitrogens with two attached hydrogens (primary N) is 1. The molecule has 2 aliphatic rings. The largest absolute Gasteiger partial charge is 0.370 e. The highest BCUT2D eigenvalue weighted by Crippen LogP contribution is 2.21. The first kappa shape index (κ1) is 22.5. The highest BCUT2D eigenvalue weighted by Gasteiger charge is 2.24. The molecule has 2 aliphatic heterocycles. The molecular formula is C18H36IN5O. The van der Waals surface area contributed by atoms with Crippen molar-refractivity contribution in [3.63, 3.8) is 0 Å². The van der Waals surface area contributed by atoms with Gasteiger partial charge in [0, 0.05) is 52.7 Å². The van der Waals surface area contributed by atoms with Gasteiger partial charge in [-0.25, -0.2) is 0 Å². The number of nitrogens with zero attached hydrogens (tertiary/aromatic N) is 3. The highest BCUT2D eigenvalue weighted by molar-refractivity contribution is 14.0. The number of rotatable bonds is 5. The topological polar surface area (TPSA) is 74.0 Å². The van der Waals surface area contributed by atoms with Crippen molar-refractivity contribution in [3.05, 3.63) is 0 Å². The molecule has 2 fully saturated rings. The van der Waals surface area contributed by atoms with Gasteiger partial charge in [-0.1, -0.05) is 13.8 Å². The third-order valence-corrected chi connectivity index (χ3v) is 5.18. The van der Waals surface area contributed by atoms with Gasteiger partial charge in [-0.2, -0.15) is 0 Å². The minimum atomic E-state index is -0.196. The van der Waals surface area contributed by atoms with Crippen molar-refractivity contribution in [1.82, 2.24) is 15.1 Å². The maximum absolute atomic E-state index is 11.2. The summed E-state index contributed by atoms with van der Waals surface area (Å²) < 4.78 is 0. The standard InChI is InChI=1S/C18H35N5O.HI/c1-14-9-15(2)12-22(11-14)8-6-21-18(20-3)23-7-4-5-16(13-23)10-17(19)24;/h14-16H,4-13H2,1-3H3,(H2,19,24)(H,20,21);1H. The monoisotopic (exact) mass is 465 g/mol. The van der Waals surface area contributed by atoms with Gasteiger partial charge < -0.3 is 20.9 Å². The number of hydrogen-bond donors (Lipinski definition) is 2. The molecule has 0 aromatic rings. The molecule has 3 atom stereocenters. The minimum absolute atomic E-state index is 0. The SMILES string of the molecule is CN=C(NCCN1CC(C)CC(C)C1)N1CCCC(CC(N)=O)C1.I. The molecule has 7 heteroatoms. The second-order valence-electron chi connectivity index (χ2n) is 7.80. The first-order chi connectivity index (χ1) is 11.5. The summed E-state index contributed by atoms with van der Waals surface area (Å²) in [6.07, 6.45) is 4.01. The van der Waals surface area contributed by atoms with Crippen LogP contribution in [0.3, 0.4) is 0 Å². The van der Waals surface area contributed by atoms with Crippen molar-refractivity contribution >= 4 is 35.8 Å². The van der Waals surface area contributed by atoms with E-state index in [9.17, 15) is 4.79 Å². The lowest BCUT2D eigenvalue weighted by molar-refractivity contribution is -0.119. The van der Waals surface area contributed by atoms with Crippen molar-refractivity contribution in [1.29, 1.82) is 0 Å². The fourth-order valence-electron chi connectivity index (χ4n) is 4.34. The maximum atomic E-state index is 11.2. The molecule has 2 rings (SSSR count). The molecule has 25 heavy (non-hydrogen) atoms. The normalized spacial score (nSPS) is 28.4. The Morgan fingerprint density at radius 3 is 2.52 bits per heavy atom. The minimum Gasteiger partial charge on any atom is -0.370 e. The van der Waals surface area contributed by atoms with Gasteiger partial charge in [-0.05, 0) is 37.0 Å². The molecule has 2 heterocycles. The van der Waals surface area contributed by atoms with Crippen LogP contribution in [0.5, 0.6) is 0 Å². The van der Waals surface area contributed by atoms with Gasteiger partial charge in [-0.3, -0.25) is 9.79 Å². The van der Waals surface area contributed by atoms with E-state index in [1.807, 2.05) is 7.05 Å². The molecule has 2 saturated heterocycles. The number of primary amides is 1. The average Bonchev–Trinajstić information content (AvgIpc) is 2.50. The lowest BCUT2D eigenvalue weighted by atomic mass is 9.92. The first-order valence-electron chi connectivity index (χ1n) is 9.44. The molecule has 6 nitrogen and oxygen atoms in total. The lowest BCUT2D eigenvalue weighted by Crippen LogP contribution is -2.49. The summed E-state index contributed by atoms with van der Waals surface area (Å²) in [5.74, 6) is 2.72. The summed E-state index contributed by atoms with van der Waals surface area (Å²) >= 11 is 0. The van der Waals surface area contributed by atoms with Crippen LogP contribution < -0.4 is 11.1 Å². The van der Waals surface area contributed by atoms with Crippen LogP contribution in [0.15, 0.2) is 4.99 Å². The second kappa shape index (κ2) is 11.2. The Balaban J connectivity index is 0.00000312. The predicted octanol–water partition coefficient (Wildman–Crippen LogP) is 1.75. The Morgan fingerprint density at radius 1 is 1.24 bits per heavy atom. The van der Waals surface area contributed by atoms with Gasteiger partial charge in [0.2, 0.25) is 5.91 Å². The fourth-order valence-corrected chi connectivity index (χ4v) is 4.34. The van der Waals surface area contributed by atoms with E-state index in [1.54, 1.807) is 0 Å². The van der Waals surface area contributed by atoms with E-state index in [-0.39, 0.29) is 29.9 Å². The zero-order chi connectivity index (χ0) is 17.5. The average molecular weight is 465 g/mol. The van der Waals surface area contributed by atoms with Crippen molar-refractivity contribution in [2.75, 3.05) is 46.3 Å². The van der Waals surface area contributed by atoms with Gasteiger partial charge in [0.05, 0.1) is 0 Å². The molecule has 0 aromatic carbocycles. The van der Waals surface area contributed by atoms with Crippen LogP contribution in [0.4, 0.5) is 0 Å². The number of aliphatic imine (C=N–C) groups is 1. The van der Waals surface area contributed by atoms with Crippen LogP contribution in [0.2, 0.25) is 0 Å². The zero-order valence-electron chi connectivity index (χ0n) is 16.0. The van der Waals surface area contributed by atoms with E-state index in [0.717, 1.165) is 56.8 Å².